The van der Waals surface area contributed by atoms with Crippen LogP contribution < -0.4 is 5.32 Å². The lowest BCUT2D eigenvalue weighted by atomic mass is 9.88. The van der Waals surface area contributed by atoms with Crippen LogP contribution >= 0.6 is 0 Å². The van der Waals surface area contributed by atoms with Crippen molar-refractivity contribution in [1.29, 1.82) is 0 Å². The van der Waals surface area contributed by atoms with Gasteiger partial charge in [-0.2, -0.15) is 0 Å². The number of cyclic esters (lactones) is 1. The number of nitrogens with zero attached hydrogens (tertiary/aromatic N) is 1. The van der Waals surface area contributed by atoms with E-state index < -0.39 is 12.1 Å². The summed E-state index contributed by atoms with van der Waals surface area (Å²) in [6.45, 7) is -0.128. The number of rotatable bonds is 5. The number of amides is 3. The van der Waals surface area contributed by atoms with Crippen molar-refractivity contribution in [3.63, 3.8) is 0 Å². The summed E-state index contributed by atoms with van der Waals surface area (Å²) in [6, 6.07) is 8.99. The zero-order valence-electron chi connectivity index (χ0n) is 13.6. The molecule has 1 aromatic rings. The van der Waals surface area contributed by atoms with E-state index >= 15 is 0 Å². The first-order valence-corrected chi connectivity index (χ1v) is 8.47. The monoisotopic (exact) mass is 330 g/mol. The fourth-order valence-electron chi connectivity index (χ4n) is 3.31. The third kappa shape index (κ3) is 3.75. The van der Waals surface area contributed by atoms with E-state index in [-0.39, 0.29) is 30.9 Å². The van der Waals surface area contributed by atoms with Crippen LogP contribution in [0.2, 0.25) is 0 Å². The average molecular weight is 330 g/mol. The van der Waals surface area contributed by atoms with Gasteiger partial charge in [-0.05, 0) is 18.4 Å². The molecule has 24 heavy (non-hydrogen) atoms. The summed E-state index contributed by atoms with van der Waals surface area (Å²) in [5.41, 5.74) is 0.870. The molecule has 1 saturated heterocycles. The lowest BCUT2D eigenvalue weighted by molar-refractivity contribution is -0.129. The van der Waals surface area contributed by atoms with Crippen molar-refractivity contribution >= 4 is 17.9 Å². The summed E-state index contributed by atoms with van der Waals surface area (Å²) in [5.74, 6) is -0.345. The minimum Gasteiger partial charge on any atom is -0.439 e. The van der Waals surface area contributed by atoms with Crippen LogP contribution in [0.3, 0.4) is 0 Å². The SMILES string of the molecule is O=C(NC(CN1C(=O)COC1=O)c1ccccc1)C1CCCCC1. The lowest BCUT2D eigenvalue weighted by Gasteiger charge is -2.27. The van der Waals surface area contributed by atoms with Gasteiger partial charge in [-0.15, -0.1) is 0 Å². The maximum Gasteiger partial charge on any atom is 0.417 e. The molecule has 1 heterocycles. The molecule has 0 spiro atoms. The Morgan fingerprint density at radius 1 is 1.17 bits per heavy atom. The zero-order valence-corrected chi connectivity index (χ0v) is 13.6. The normalized spacial score (nSPS) is 19.9. The van der Waals surface area contributed by atoms with E-state index in [2.05, 4.69) is 5.32 Å². The summed E-state index contributed by atoms with van der Waals surface area (Å²) in [6.07, 6.45) is 4.49. The van der Waals surface area contributed by atoms with Crippen molar-refractivity contribution in [2.24, 2.45) is 5.92 Å². The summed E-state index contributed by atoms with van der Waals surface area (Å²) >= 11 is 0. The molecule has 1 N–H and O–H groups in total. The smallest absolute Gasteiger partial charge is 0.417 e. The Balaban J connectivity index is 1.73. The highest BCUT2D eigenvalue weighted by molar-refractivity contribution is 5.97. The molecule has 2 aliphatic rings. The maximum absolute atomic E-state index is 12.6. The Bertz CT molecular complexity index is 595. The van der Waals surface area contributed by atoms with E-state index in [4.69, 9.17) is 4.74 Å². The minimum absolute atomic E-state index is 0.00330. The van der Waals surface area contributed by atoms with Crippen LogP contribution in [-0.2, 0) is 14.3 Å². The zero-order chi connectivity index (χ0) is 16.9. The maximum atomic E-state index is 12.6. The predicted molar refractivity (Wildman–Crippen MR) is 87.0 cm³/mol. The number of imide groups is 1. The van der Waals surface area contributed by atoms with Gasteiger partial charge in [0.15, 0.2) is 6.61 Å². The number of hydrogen-bond acceptors (Lipinski definition) is 4. The Kier molecular flexibility index (Phi) is 5.13. The van der Waals surface area contributed by atoms with E-state index in [0.29, 0.717) is 0 Å². The highest BCUT2D eigenvalue weighted by Crippen LogP contribution is 2.25. The number of carbonyl (C=O) groups is 3. The standard InChI is InChI=1S/C18H22N2O4/c21-16-12-24-18(23)20(16)11-15(13-7-3-1-4-8-13)19-17(22)14-9-5-2-6-10-14/h1,3-4,7-8,14-15H,2,5-6,9-12H2,(H,19,22). The quantitative estimate of drug-likeness (QED) is 0.899. The molecule has 6 nitrogen and oxygen atoms in total. The van der Waals surface area contributed by atoms with E-state index in [0.717, 1.165) is 36.1 Å². The van der Waals surface area contributed by atoms with Crippen LogP contribution in [0.25, 0.3) is 0 Å². The van der Waals surface area contributed by atoms with E-state index in [1.54, 1.807) is 0 Å². The molecule has 1 aromatic carbocycles. The van der Waals surface area contributed by atoms with Crippen LogP contribution in [0, 0.1) is 5.92 Å². The van der Waals surface area contributed by atoms with Gasteiger partial charge >= 0.3 is 6.09 Å². The Morgan fingerprint density at radius 2 is 1.88 bits per heavy atom. The topological polar surface area (TPSA) is 75.7 Å². The average Bonchev–Trinajstić information content (AvgIpc) is 2.94. The van der Waals surface area contributed by atoms with Gasteiger partial charge in [0.05, 0.1) is 12.6 Å². The third-order valence-corrected chi connectivity index (χ3v) is 4.70. The Hall–Kier alpha value is -2.37. The molecule has 1 atom stereocenters. The van der Waals surface area contributed by atoms with Crippen molar-refractivity contribution in [3.05, 3.63) is 35.9 Å². The number of carbonyl (C=O) groups excluding carboxylic acids is 3. The Labute approximate surface area is 141 Å². The van der Waals surface area contributed by atoms with Crippen LogP contribution in [0.5, 0.6) is 0 Å². The van der Waals surface area contributed by atoms with Gasteiger partial charge in [0.1, 0.15) is 0 Å². The van der Waals surface area contributed by atoms with Crippen molar-refractivity contribution in [2.75, 3.05) is 13.2 Å². The minimum atomic E-state index is -0.646. The number of ether oxygens (including phenoxy) is 1. The number of nitrogens with one attached hydrogen (secondary N) is 1. The van der Waals surface area contributed by atoms with E-state index in [1.165, 1.54) is 6.42 Å². The molecule has 0 aromatic heterocycles. The van der Waals surface area contributed by atoms with Crippen molar-refractivity contribution in [3.8, 4) is 0 Å². The molecular weight excluding hydrogens is 308 g/mol. The third-order valence-electron chi connectivity index (χ3n) is 4.70. The number of hydrogen-bond donors (Lipinski definition) is 1. The first kappa shape index (κ1) is 16.5. The molecule has 1 aliphatic carbocycles. The first-order chi connectivity index (χ1) is 11.6. The molecular formula is C18H22N2O4. The second-order valence-corrected chi connectivity index (χ2v) is 6.37. The molecule has 3 rings (SSSR count). The van der Waals surface area contributed by atoms with Gasteiger partial charge in [-0.3, -0.25) is 9.59 Å². The second kappa shape index (κ2) is 7.47. The molecule has 0 radical (unpaired) electrons. The van der Waals surface area contributed by atoms with E-state index in [9.17, 15) is 14.4 Å². The fourth-order valence-corrected chi connectivity index (χ4v) is 3.31. The Morgan fingerprint density at radius 3 is 2.50 bits per heavy atom. The molecule has 1 unspecified atom stereocenters. The van der Waals surface area contributed by atoms with Crippen molar-refractivity contribution in [1.82, 2.24) is 10.2 Å². The lowest BCUT2D eigenvalue weighted by Crippen LogP contribution is -2.42. The van der Waals surface area contributed by atoms with Crippen molar-refractivity contribution < 1.29 is 19.1 Å². The largest absolute Gasteiger partial charge is 0.439 e. The van der Waals surface area contributed by atoms with Crippen molar-refractivity contribution in [2.45, 2.75) is 38.1 Å². The first-order valence-electron chi connectivity index (χ1n) is 8.47. The summed E-state index contributed by atoms with van der Waals surface area (Å²) in [5, 5.41) is 3.03. The van der Waals surface area contributed by atoms with Crippen LogP contribution in [0.4, 0.5) is 4.79 Å². The summed E-state index contributed by atoms with van der Waals surface area (Å²) < 4.78 is 4.76. The molecule has 2 fully saturated rings. The van der Waals surface area contributed by atoms with Gasteiger partial charge in [-0.1, -0.05) is 49.6 Å². The van der Waals surface area contributed by atoms with Gasteiger partial charge in [0.2, 0.25) is 5.91 Å². The molecule has 3 amide bonds. The summed E-state index contributed by atoms with van der Waals surface area (Å²) in [7, 11) is 0. The molecule has 0 bridgehead atoms. The van der Waals surface area contributed by atoms with Gasteiger partial charge < -0.3 is 10.1 Å². The van der Waals surface area contributed by atoms with Gasteiger partial charge in [0.25, 0.3) is 5.91 Å². The highest BCUT2D eigenvalue weighted by atomic mass is 16.6. The second-order valence-electron chi connectivity index (χ2n) is 6.37. The molecule has 6 heteroatoms. The molecule has 1 aliphatic heterocycles. The van der Waals surface area contributed by atoms with Gasteiger partial charge in [-0.25, -0.2) is 9.69 Å². The van der Waals surface area contributed by atoms with Gasteiger partial charge in [0, 0.05) is 5.92 Å². The van der Waals surface area contributed by atoms with Crippen LogP contribution in [0.15, 0.2) is 30.3 Å². The highest BCUT2D eigenvalue weighted by Gasteiger charge is 2.34. The molecule has 1 saturated carbocycles. The fraction of sp³-hybridized carbons (Fsp3) is 0.500. The predicted octanol–water partition coefficient (Wildman–Crippen LogP) is 2.40. The molecule has 128 valence electrons. The van der Waals surface area contributed by atoms with Crippen LogP contribution in [-0.4, -0.2) is 36.0 Å². The van der Waals surface area contributed by atoms with Crippen LogP contribution in [0.1, 0.15) is 43.7 Å². The summed E-state index contributed by atoms with van der Waals surface area (Å²) in [4.78, 5) is 37.2. The van der Waals surface area contributed by atoms with E-state index in [1.807, 2.05) is 30.3 Å². The number of benzene rings is 1.